The number of carbonyl (C=O) groups excluding carboxylic acids is 1. The Kier molecular flexibility index (Phi) is 12.3. The van der Waals surface area contributed by atoms with Crippen molar-refractivity contribution in [3.8, 4) is 17.2 Å². The SMILES string of the molecule is C=CC/C(=C\SC(C)/C=C\C)CN(CCC1CCCN1C)C(=O)c1cc(OC)c(OC)c(OC)c1. The molecule has 7 heteroatoms. The lowest BCUT2D eigenvalue weighted by molar-refractivity contribution is 0.0756. The second kappa shape index (κ2) is 14.9. The van der Waals surface area contributed by atoms with Crippen LogP contribution in [0.25, 0.3) is 0 Å². The number of ether oxygens (including phenoxy) is 3. The van der Waals surface area contributed by atoms with Crippen molar-refractivity contribution >= 4 is 17.7 Å². The van der Waals surface area contributed by atoms with Crippen LogP contribution in [-0.2, 0) is 0 Å². The van der Waals surface area contributed by atoms with Gasteiger partial charge in [-0.1, -0.05) is 18.2 Å². The van der Waals surface area contributed by atoms with Gasteiger partial charge < -0.3 is 24.0 Å². The highest BCUT2D eigenvalue weighted by molar-refractivity contribution is 8.02. The van der Waals surface area contributed by atoms with Gasteiger partial charge in [0.25, 0.3) is 5.91 Å². The Labute approximate surface area is 216 Å². The Morgan fingerprint density at radius 1 is 1.26 bits per heavy atom. The van der Waals surface area contributed by atoms with Gasteiger partial charge in [-0.25, -0.2) is 0 Å². The van der Waals surface area contributed by atoms with E-state index in [-0.39, 0.29) is 5.91 Å². The lowest BCUT2D eigenvalue weighted by Gasteiger charge is -2.28. The normalized spacial score (nSPS) is 17.4. The lowest BCUT2D eigenvalue weighted by Crippen LogP contribution is -2.37. The largest absolute Gasteiger partial charge is 0.493 e. The highest BCUT2D eigenvalue weighted by atomic mass is 32.2. The monoisotopic (exact) mass is 502 g/mol. The van der Waals surface area contributed by atoms with Gasteiger partial charge in [-0.2, -0.15) is 0 Å². The second-order valence-corrected chi connectivity index (χ2v) is 10.1. The van der Waals surface area contributed by atoms with Crippen LogP contribution in [0.5, 0.6) is 17.2 Å². The fourth-order valence-corrected chi connectivity index (χ4v) is 5.21. The zero-order chi connectivity index (χ0) is 25.8. The van der Waals surface area contributed by atoms with Crippen molar-refractivity contribution in [1.29, 1.82) is 0 Å². The molecule has 1 aromatic carbocycles. The summed E-state index contributed by atoms with van der Waals surface area (Å²) in [6, 6.07) is 3.97. The van der Waals surface area contributed by atoms with Gasteiger partial charge in [0.05, 0.1) is 21.3 Å². The van der Waals surface area contributed by atoms with E-state index in [4.69, 9.17) is 14.2 Å². The van der Waals surface area contributed by atoms with E-state index in [1.165, 1.54) is 18.4 Å². The quantitative estimate of drug-likeness (QED) is 0.300. The summed E-state index contributed by atoms with van der Waals surface area (Å²) >= 11 is 1.76. The van der Waals surface area contributed by atoms with Crippen LogP contribution in [0.2, 0.25) is 0 Å². The fraction of sp³-hybridized carbons (Fsp3) is 0.536. The molecular formula is C28H42N2O4S. The summed E-state index contributed by atoms with van der Waals surface area (Å²) < 4.78 is 16.4. The molecule has 1 fully saturated rings. The summed E-state index contributed by atoms with van der Waals surface area (Å²) in [5, 5.41) is 2.55. The Balaban J connectivity index is 2.35. The maximum Gasteiger partial charge on any atom is 0.254 e. The van der Waals surface area contributed by atoms with Crippen molar-refractivity contribution in [1.82, 2.24) is 9.80 Å². The van der Waals surface area contributed by atoms with Crippen LogP contribution in [0, 0.1) is 0 Å². The minimum atomic E-state index is -0.0497. The van der Waals surface area contributed by atoms with Crippen molar-refractivity contribution in [3.05, 3.63) is 53.5 Å². The molecule has 0 saturated carbocycles. The molecule has 6 nitrogen and oxygen atoms in total. The van der Waals surface area contributed by atoms with Gasteiger partial charge in [0, 0.05) is 29.9 Å². The molecule has 0 N–H and O–H groups in total. The van der Waals surface area contributed by atoms with Crippen LogP contribution in [0.4, 0.5) is 0 Å². The minimum Gasteiger partial charge on any atom is -0.493 e. The Hall–Kier alpha value is -2.38. The molecule has 1 saturated heterocycles. The molecule has 35 heavy (non-hydrogen) atoms. The molecule has 0 aliphatic carbocycles. The first kappa shape index (κ1) is 28.9. The Morgan fingerprint density at radius 3 is 2.46 bits per heavy atom. The summed E-state index contributed by atoms with van der Waals surface area (Å²) in [5.74, 6) is 1.38. The van der Waals surface area contributed by atoms with E-state index in [0.717, 1.165) is 19.4 Å². The Bertz CT molecular complexity index is 874. The van der Waals surface area contributed by atoms with Crippen LogP contribution in [-0.4, -0.2) is 75.0 Å². The highest BCUT2D eigenvalue weighted by Gasteiger charge is 2.25. The van der Waals surface area contributed by atoms with E-state index < -0.39 is 0 Å². The van der Waals surface area contributed by atoms with Crippen molar-refractivity contribution in [2.24, 2.45) is 0 Å². The number of amides is 1. The first-order valence-electron chi connectivity index (χ1n) is 12.2. The molecule has 1 amide bonds. The molecule has 1 aliphatic rings. The van der Waals surface area contributed by atoms with Gasteiger partial charge >= 0.3 is 0 Å². The molecule has 1 heterocycles. The van der Waals surface area contributed by atoms with Crippen LogP contribution in [0.15, 0.2) is 47.9 Å². The molecule has 2 atom stereocenters. The number of methoxy groups -OCH3 is 3. The van der Waals surface area contributed by atoms with Crippen molar-refractivity contribution < 1.29 is 19.0 Å². The molecule has 0 spiro atoms. The number of likely N-dealkylation sites (tertiary alicyclic amines) is 1. The maximum atomic E-state index is 13.8. The smallest absolute Gasteiger partial charge is 0.254 e. The standard InChI is InChI=1S/C28H42N2O4S/c1-8-11-21(3)35-20-22(12-9-2)19-30(16-14-24-13-10-15-29(24)4)28(31)23-17-25(32-5)27(34-7)26(18-23)33-6/h8-9,11,17-18,20-21,24H,2,10,12-16,19H2,1,3-7H3/b11-8-,22-20+. The summed E-state index contributed by atoms with van der Waals surface area (Å²) in [6.45, 7) is 10.5. The molecule has 194 valence electrons. The second-order valence-electron chi connectivity index (χ2n) is 8.84. The highest BCUT2D eigenvalue weighted by Crippen LogP contribution is 2.38. The van der Waals surface area contributed by atoms with Crippen molar-refractivity contribution in [3.63, 3.8) is 0 Å². The van der Waals surface area contributed by atoms with Gasteiger partial charge in [-0.15, -0.1) is 18.3 Å². The van der Waals surface area contributed by atoms with E-state index in [0.29, 0.717) is 47.2 Å². The molecule has 1 aromatic rings. The van der Waals surface area contributed by atoms with E-state index in [1.54, 1.807) is 45.2 Å². The molecule has 0 bridgehead atoms. The van der Waals surface area contributed by atoms with Crippen molar-refractivity contribution in [2.75, 3.05) is 48.0 Å². The van der Waals surface area contributed by atoms with Gasteiger partial charge in [0.15, 0.2) is 11.5 Å². The lowest BCUT2D eigenvalue weighted by atomic mass is 10.1. The molecular weight excluding hydrogens is 460 g/mol. The van der Waals surface area contributed by atoms with Crippen LogP contribution < -0.4 is 14.2 Å². The number of nitrogens with zero attached hydrogens (tertiary/aromatic N) is 2. The molecule has 2 unspecified atom stereocenters. The number of allylic oxidation sites excluding steroid dienone is 2. The van der Waals surface area contributed by atoms with Crippen LogP contribution >= 0.6 is 11.8 Å². The summed E-state index contributed by atoms with van der Waals surface area (Å²) in [6.07, 6.45) is 10.2. The molecule has 0 aromatic heterocycles. The predicted octanol–water partition coefficient (Wildman–Crippen LogP) is 5.80. The average Bonchev–Trinajstić information content (AvgIpc) is 3.28. The Morgan fingerprint density at radius 2 is 1.94 bits per heavy atom. The zero-order valence-electron chi connectivity index (χ0n) is 22.2. The zero-order valence-corrected chi connectivity index (χ0v) is 23.0. The number of thioether (sulfide) groups is 1. The number of hydrogen-bond acceptors (Lipinski definition) is 6. The van der Waals surface area contributed by atoms with E-state index in [2.05, 4.69) is 43.0 Å². The molecule has 2 rings (SSSR count). The van der Waals surface area contributed by atoms with Crippen LogP contribution in [0.1, 0.15) is 49.9 Å². The minimum absolute atomic E-state index is 0.0497. The van der Waals surface area contributed by atoms with E-state index in [9.17, 15) is 4.79 Å². The van der Waals surface area contributed by atoms with E-state index in [1.807, 2.05) is 17.9 Å². The van der Waals surface area contributed by atoms with Gasteiger partial charge in [0.2, 0.25) is 5.75 Å². The average molecular weight is 503 g/mol. The van der Waals surface area contributed by atoms with E-state index >= 15 is 0 Å². The summed E-state index contributed by atoms with van der Waals surface area (Å²) in [4.78, 5) is 18.2. The third kappa shape index (κ3) is 8.36. The summed E-state index contributed by atoms with van der Waals surface area (Å²) in [5.41, 5.74) is 1.69. The predicted molar refractivity (Wildman–Crippen MR) is 147 cm³/mol. The number of carbonyl (C=O) groups is 1. The van der Waals surface area contributed by atoms with Crippen molar-refractivity contribution in [2.45, 2.75) is 50.8 Å². The topological polar surface area (TPSA) is 51.2 Å². The number of benzene rings is 1. The number of hydrogen-bond donors (Lipinski definition) is 0. The first-order chi connectivity index (χ1) is 16.9. The molecule has 0 radical (unpaired) electrons. The fourth-order valence-electron chi connectivity index (χ4n) is 4.39. The van der Waals surface area contributed by atoms with Gasteiger partial charge in [-0.05, 0) is 76.2 Å². The number of rotatable bonds is 14. The third-order valence-corrected chi connectivity index (χ3v) is 7.37. The third-order valence-electron chi connectivity index (χ3n) is 6.32. The summed E-state index contributed by atoms with van der Waals surface area (Å²) in [7, 11) is 6.86. The van der Waals surface area contributed by atoms with Crippen LogP contribution in [0.3, 0.4) is 0 Å². The van der Waals surface area contributed by atoms with Gasteiger partial charge in [-0.3, -0.25) is 4.79 Å². The first-order valence-corrected chi connectivity index (χ1v) is 13.2. The molecule has 1 aliphatic heterocycles. The van der Waals surface area contributed by atoms with Gasteiger partial charge in [0.1, 0.15) is 0 Å². The maximum absolute atomic E-state index is 13.8.